The number of hydrogen-bond donors (Lipinski definition) is 0. The number of nitrogens with zero attached hydrogens (tertiary/aromatic N) is 6. The molecule has 4 rings (SSSR count). The summed E-state index contributed by atoms with van der Waals surface area (Å²) in [7, 11) is 3.04. The Kier molecular flexibility index (Phi) is 5.58. The molecule has 0 N–H and O–H groups in total. The Bertz CT molecular complexity index is 1180. The standard InChI is InChI=1S/C21H19ClN6O2/c1-13-17(15-9-24-28(12-15)11-14-4-6-16(22)7-5-14)8-19(27-26-13)18-10-23-21(30-3)25-20(18)29-2/h4-10,12H,11H2,1-3H3. The lowest BCUT2D eigenvalue weighted by Crippen LogP contribution is -2.00. The van der Waals surface area contributed by atoms with E-state index in [2.05, 4.69) is 25.3 Å². The van der Waals surface area contributed by atoms with Gasteiger partial charge in [-0.15, -0.1) is 5.10 Å². The maximum Gasteiger partial charge on any atom is 0.319 e. The minimum atomic E-state index is 0.222. The second-order valence-electron chi connectivity index (χ2n) is 6.56. The van der Waals surface area contributed by atoms with Crippen molar-refractivity contribution in [1.82, 2.24) is 29.9 Å². The number of aromatic nitrogens is 6. The lowest BCUT2D eigenvalue weighted by Gasteiger charge is -2.09. The Morgan fingerprint density at radius 1 is 1.00 bits per heavy atom. The topological polar surface area (TPSA) is 87.8 Å². The number of rotatable bonds is 6. The molecule has 9 heteroatoms. The van der Waals surface area contributed by atoms with Crippen LogP contribution in [0.3, 0.4) is 0 Å². The van der Waals surface area contributed by atoms with Gasteiger partial charge >= 0.3 is 6.01 Å². The van der Waals surface area contributed by atoms with E-state index in [1.807, 2.05) is 54.3 Å². The fraction of sp³-hybridized carbons (Fsp3) is 0.190. The second kappa shape index (κ2) is 8.46. The molecule has 152 valence electrons. The van der Waals surface area contributed by atoms with Gasteiger partial charge in [-0.25, -0.2) is 4.98 Å². The smallest absolute Gasteiger partial charge is 0.319 e. The zero-order valence-electron chi connectivity index (χ0n) is 16.7. The summed E-state index contributed by atoms with van der Waals surface area (Å²) in [5, 5.41) is 13.8. The zero-order valence-corrected chi connectivity index (χ0v) is 17.5. The predicted molar refractivity (Wildman–Crippen MR) is 113 cm³/mol. The lowest BCUT2D eigenvalue weighted by atomic mass is 10.1. The van der Waals surface area contributed by atoms with Crippen LogP contribution in [0, 0.1) is 6.92 Å². The number of halogens is 1. The normalized spacial score (nSPS) is 10.8. The average Bonchev–Trinajstić information content (AvgIpc) is 3.23. The fourth-order valence-corrected chi connectivity index (χ4v) is 3.15. The molecule has 0 fully saturated rings. The van der Waals surface area contributed by atoms with Crippen LogP contribution in [0.1, 0.15) is 11.3 Å². The minimum Gasteiger partial charge on any atom is -0.480 e. The summed E-state index contributed by atoms with van der Waals surface area (Å²) in [4.78, 5) is 8.38. The van der Waals surface area contributed by atoms with E-state index in [1.54, 1.807) is 6.20 Å². The summed E-state index contributed by atoms with van der Waals surface area (Å²) in [6.45, 7) is 2.55. The van der Waals surface area contributed by atoms with Gasteiger partial charge in [0.1, 0.15) is 5.69 Å². The molecule has 0 radical (unpaired) electrons. The maximum atomic E-state index is 5.96. The van der Waals surface area contributed by atoms with Crippen LogP contribution in [-0.2, 0) is 6.54 Å². The van der Waals surface area contributed by atoms with E-state index in [0.29, 0.717) is 28.7 Å². The summed E-state index contributed by atoms with van der Waals surface area (Å²) < 4.78 is 12.3. The maximum absolute atomic E-state index is 5.96. The van der Waals surface area contributed by atoms with Crippen LogP contribution in [0.25, 0.3) is 22.4 Å². The molecule has 0 spiro atoms. The van der Waals surface area contributed by atoms with Gasteiger partial charge in [0, 0.05) is 28.5 Å². The summed E-state index contributed by atoms with van der Waals surface area (Å²) >= 11 is 5.96. The predicted octanol–water partition coefficient (Wildman–Crippen LogP) is 3.82. The van der Waals surface area contributed by atoms with Crippen LogP contribution in [0.15, 0.2) is 48.9 Å². The van der Waals surface area contributed by atoms with E-state index in [9.17, 15) is 0 Å². The Hall–Kier alpha value is -3.52. The van der Waals surface area contributed by atoms with E-state index in [-0.39, 0.29) is 6.01 Å². The van der Waals surface area contributed by atoms with Crippen molar-refractivity contribution in [2.75, 3.05) is 14.2 Å². The van der Waals surface area contributed by atoms with Crippen molar-refractivity contribution in [2.45, 2.75) is 13.5 Å². The molecule has 3 heterocycles. The zero-order chi connectivity index (χ0) is 21.1. The van der Waals surface area contributed by atoms with E-state index in [0.717, 1.165) is 22.4 Å². The fourth-order valence-electron chi connectivity index (χ4n) is 3.02. The third-order valence-electron chi connectivity index (χ3n) is 4.56. The Balaban J connectivity index is 1.66. The SMILES string of the molecule is COc1ncc(-c2cc(-c3cnn(Cc4ccc(Cl)cc4)c3)c(C)nn2)c(OC)n1. The molecule has 1 aromatic carbocycles. The van der Waals surface area contributed by atoms with Crippen LogP contribution in [0.4, 0.5) is 0 Å². The highest BCUT2D eigenvalue weighted by molar-refractivity contribution is 6.30. The molecular weight excluding hydrogens is 404 g/mol. The molecule has 0 saturated heterocycles. The van der Waals surface area contributed by atoms with Crippen LogP contribution < -0.4 is 9.47 Å². The molecule has 0 aliphatic carbocycles. The van der Waals surface area contributed by atoms with Gasteiger partial charge in [-0.1, -0.05) is 23.7 Å². The Labute approximate surface area is 178 Å². The third kappa shape index (κ3) is 4.08. The van der Waals surface area contributed by atoms with E-state index in [1.165, 1.54) is 14.2 Å². The first-order chi connectivity index (χ1) is 14.6. The van der Waals surface area contributed by atoms with E-state index < -0.39 is 0 Å². The molecule has 30 heavy (non-hydrogen) atoms. The van der Waals surface area contributed by atoms with Crippen molar-refractivity contribution in [2.24, 2.45) is 0 Å². The summed E-state index contributed by atoms with van der Waals surface area (Å²) in [5.74, 6) is 0.365. The monoisotopic (exact) mass is 422 g/mol. The van der Waals surface area contributed by atoms with Gasteiger partial charge in [0.2, 0.25) is 5.88 Å². The van der Waals surface area contributed by atoms with Gasteiger partial charge in [0.15, 0.2) is 0 Å². The van der Waals surface area contributed by atoms with Crippen LogP contribution in [-0.4, -0.2) is 44.2 Å². The first-order valence-electron chi connectivity index (χ1n) is 9.14. The molecule has 0 atom stereocenters. The third-order valence-corrected chi connectivity index (χ3v) is 4.82. The van der Waals surface area contributed by atoms with Gasteiger partial charge in [-0.2, -0.15) is 15.2 Å². The second-order valence-corrected chi connectivity index (χ2v) is 7.00. The number of hydrogen-bond acceptors (Lipinski definition) is 7. The first-order valence-corrected chi connectivity index (χ1v) is 9.52. The molecular formula is C21H19ClN6O2. The van der Waals surface area contributed by atoms with Crippen molar-refractivity contribution >= 4 is 11.6 Å². The quantitative estimate of drug-likeness (QED) is 0.466. The van der Waals surface area contributed by atoms with Gasteiger partial charge in [-0.05, 0) is 30.7 Å². The van der Waals surface area contributed by atoms with Crippen molar-refractivity contribution < 1.29 is 9.47 Å². The van der Waals surface area contributed by atoms with E-state index in [4.69, 9.17) is 21.1 Å². The van der Waals surface area contributed by atoms with Gasteiger partial charge in [0.25, 0.3) is 0 Å². The molecule has 0 bridgehead atoms. The first kappa shape index (κ1) is 19.8. The number of methoxy groups -OCH3 is 2. The molecule has 0 unspecified atom stereocenters. The lowest BCUT2D eigenvalue weighted by molar-refractivity contribution is 0.353. The minimum absolute atomic E-state index is 0.222. The van der Waals surface area contributed by atoms with Gasteiger partial charge < -0.3 is 9.47 Å². The largest absolute Gasteiger partial charge is 0.480 e. The van der Waals surface area contributed by atoms with Crippen molar-refractivity contribution in [1.29, 1.82) is 0 Å². The summed E-state index contributed by atoms with van der Waals surface area (Å²) in [6.07, 6.45) is 5.40. The van der Waals surface area contributed by atoms with Crippen molar-refractivity contribution in [3.05, 3.63) is 65.2 Å². The molecule has 0 aliphatic rings. The van der Waals surface area contributed by atoms with E-state index >= 15 is 0 Å². The Morgan fingerprint density at radius 3 is 2.53 bits per heavy atom. The molecule has 0 amide bonds. The number of ether oxygens (including phenoxy) is 2. The highest BCUT2D eigenvalue weighted by Gasteiger charge is 2.15. The molecule has 0 aliphatic heterocycles. The molecule has 8 nitrogen and oxygen atoms in total. The number of benzene rings is 1. The van der Waals surface area contributed by atoms with Crippen LogP contribution in [0.5, 0.6) is 11.9 Å². The molecule has 0 saturated carbocycles. The van der Waals surface area contributed by atoms with Gasteiger partial charge in [0.05, 0.1) is 38.2 Å². The number of aryl methyl sites for hydroxylation is 1. The van der Waals surface area contributed by atoms with Crippen molar-refractivity contribution in [3.63, 3.8) is 0 Å². The van der Waals surface area contributed by atoms with Crippen LogP contribution in [0.2, 0.25) is 5.02 Å². The molecule has 3 aromatic heterocycles. The highest BCUT2D eigenvalue weighted by Crippen LogP contribution is 2.31. The summed E-state index contributed by atoms with van der Waals surface area (Å²) in [6, 6.07) is 9.86. The van der Waals surface area contributed by atoms with Crippen molar-refractivity contribution in [3.8, 4) is 34.3 Å². The highest BCUT2D eigenvalue weighted by atomic mass is 35.5. The van der Waals surface area contributed by atoms with Crippen LogP contribution >= 0.6 is 11.6 Å². The summed E-state index contributed by atoms with van der Waals surface area (Å²) in [5.41, 5.74) is 4.98. The Morgan fingerprint density at radius 2 is 1.80 bits per heavy atom. The average molecular weight is 423 g/mol. The van der Waals surface area contributed by atoms with Gasteiger partial charge in [-0.3, -0.25) is 4.68 Å². The molecule has 4 aromatic rings.